The minimum absolute atomic E-state index is 0.336. The highest BCUT2D eigenvalue weighted by molar-refractivity contribution is 5.93. The lowest BCUT2D eigenvalue weighted by atomic mass is 9.93. The summed E-state index contributed by atoms with van der Waals surface area (Å²) in [6.45, 7) is 3.89. The summed E-state index contributed by atoms with van der Waals surface area (Å²) >= 11 is 0. The molecule has 2 aromatic rings. The molecule has 22 heavy (non-hydrogen) atoms. The van der Waals surface area contributed by atoms with E-state index < -0.39 is 0 Å². The quantitative estimate of drug-likeness (QED) is 0.806. The van der Waals surface area contributed by atoms with Crippen molar-refractivity contribution in [3.63, 3.8) is 0 Å². The van der Waals surface area contributed by atoms with Crippen LogP contribution < -0.4 is 9.47 Å². The fraction of sp³-hybridized carbons (Fsp3) is 0.278. The Kier molecular flexibility index (Phi) is 4.71. The van der Waals surface area contributed by atoms with Crippen LogP contribution in [0.4, 0.5) is 0 Å². The van der Waals surface area contributed by atoms with Crippen molar-refractivity contribution in [2.45, 2.75) is 13.8 Å². The van der Waals surface area contributed by atoms with Crippen molar-refractivity contribution in [1.29, 1.82) is 0 Å². The first kappa shape index (κ1) is 15.9. The Morgan fingerprint density at radius 3 is 2.14 bits per heavy atom. The minimum atomic E-state index is -0.336. The second kappa shape index (κ2) is 6.52. The number of hydrogen-bond acceptors (Lipinski definition) is 4. The summed E-state index contributed by atoms with van der Waals surface area (Å²) in [5.41, 5.74) is 4.38. The van der Waals surface area contributed by atoms with Gasteiger partial charge in [-0.25, -0.2) is 4.79 Å². The molecule has 0 spiro atoms. The molecule has 0 saturated heterocycles. The molecule has 0 heterocycles. The fourth-order valence-electron chi connectivity index (χ4n) is 2.63. The second-order valence-corrected chi connectivity index (χ2v) is 4.94. The van der Waals surface area contributed by atoms with Crippen molar-refractivity contribution in [2.24, 2.45) is 0 Å². The first-order valence-corrected chi connectivity index (χ1v) is 6.95. The predicted octanol–water partition coefficient (Wildman–Crippen LogP) is 3.77. The summed E-state index contributed by atoms with van der Waals surface area (Å²) in [6.07, 6.45) is 0. The van der Waals surface area contributed by atoms with E-state index in [9.17, 15) is 4.79 Å². The number of hydrogen-bond donors (Lipinski definition) is 0. The number of methoxy groups -OCH3 is 3. The van der Waals surface area contributed by atoms with Crippen molar-refractivity contribution in [3.8, 4) is 22.6 Å². The molecule has 0 radical (unpaired) electrons. The van der Waals surface area contributed by atoms with Gasteiger partial charge in [-0.3, -0.25) is 0 Å². The maximum absolute atomic E-state index is 11.9. The van der Waals surface area contributed by atoms with Crippen molar-refractivity contribution in [1.82, 2.24) is 0 Å². The third-order valence-electron chi connectivity index (χ3n) is 3.82. The average Bonchev–Trinajstić information content (AvgIpc) is 2.54. The Labute approximate surface area is 130 Å². The van der Waals surface area contributed by atoms with Crippen LogP contribution in [0.2, 0.25) is 0 Å². The molecule has 0 fully saturated rings. The number of rotatable bonds is 4. The number of carbonyl (C=O) groups excluding carboxylic acids is 1. The lowest BCUT2D eigenvalue weighted by Crippen LogP contribution is -2.05. The van der Waals surface area contributed by atoms with Gasteiger partial charge >= 0.3 is 5.97 Å². The van der Waals surface area contributed by atoms with Crippen LogP contribution in [-0.2, 0) is 4.74 Å². The van der Waals surface area contributed by atoms with Crippen LogP contribution >= 0.6 is 0 Å². The van der Waals surface area contributed by atoms with E-state index in [0.717, 1.165) is 22.3 Å². The molecule has 0 atom stereocenters. The minimum Gasteiger partial charge on any atom is -0.493 e. The van der Waals surface area contributed by atoms with Gasteiger partial charge in [-0.15, -0.1) is 0 Å². The molecular weight excluding hydrogens is 280 g/mol. The SMILES string of the molecule is COC(=O)c1cccc(-c2ccc(OC)c(OC)c2C)c1C. The molecule has 0 N–H and O–H groups in total. The van der Waals surface area contributed by atoms with Gasteiger partial charge < -0.3 is 14.2 Å². The third-order valence-corrected chi connectivity index (χ3v) is 3.82. The smallest absolute Gasteiger partial charge is 0.338 e. The van der Waals surface area contributed by atoms with E-state index in [1.165, 1.54) is 7.11 Å². The van der Waals surface area contributed by atoms with Crippen LogP contribution in [-0.4, -0.2) is 27.3 Å². The van der Waals surface area contributed by atoms with Crippen LogP contribution in [0.25, 0.3) is 11.1 Å². The van der Waals surface area contributed by atoms with Gasteiger partial charge in [0.2, 0.25) is 0 Å². The fourth-order valence-corrected chi connectivity index (χ4v) is 2.63. The summed E-state index contributed by atoms with van der Waals surface area (Å²) < 4.78 is 15.6. The number of ether oxygens (including phenoxy) is 3. The first-order chi connectivity index (χ1) is 10.5. The summed E-state index contributed by atoms with van der Waals surface area (Å²) in [5.74, 6) is 1.05. The van der Waals surface area contributed by atoms with E-state index in [4.69, 9.17) is 14.2 Å². The van der Waals surface area contributed by atoms with Gasteiger partial charge in [0.15, 0.2) is 11.5 Å². The molecule has 0 unspecified atom stereocenters. The zero-order valence-electron chi connectivity index (χ0n) is 13.5. The van der Waals surface area contributed by atoms with Gasteiger partial charge in [0.05, 0.1) is 26.9 Å². The van der Waals surface area contributed by atoms with Crippen molar-refractivity contribution >= 4 is 5.97 Å². The molecule has 0 aliphatic carbocycles. The molecule has 0 bridgehead atoms. The van der Waals surface area contributed by atoms with Crippen molar-refractivity contribution in [2.75, 3.05) is 21.3 Å². The molecule has 0 aliphatic heterocycles. The van der Waals surface area contributed by atoms with Crippen molar-refractivity contribution < 1.29 is 19.0 Å². The Bertz CT molecular complexity index is 704. The standard InChI is InChI=1S/C18H20O4/c1-11-13(7-6-8-15(11)18(19)22-5)14-9-10-16(20-3)17(21-4)12(14)2/h6-10H,1-5H3. The zero-order valence-corrected chi connectivity index (χ0v) is 13.5. The molecule has 2 rings (SSSR count). The topological polar surface area (TPSA) is 44.8 Å². The predicted molar refractivity (Wildman–Crippen MR) is 85.8 cm³/mol. The highest BCUT2D eigenvalue weighted by atomic mass is 16.5. The van der Waals surface area contributed by atoms with Gasteiger partial charge in [0.1, 0.15) is 0 Å². The number of carbonyl (C=O) groups is 1. The van der Waals surface area contributed by atoms with Gasteiger partial charge in [0, 0.05) is 5.56 Å². The maximum atomic E-state index is 11.9. The summed E-state index contributed by atoms with van der Waals surface area (Å²) in [4.78, 5) is 11.9. The third kappa shape index (κ3) is 2.64. The normalized spacial score (nSPS) is 10.2. The zero-order chi connectivity index (χ0) is 16.3. The van der Waals surface area contributed by atoms with E-state index in [0.29, 0.717) is 17.1 Å². The highest BCUT2D eigenvalue weighted by Gasteiger charge is 2.17. The van der Waals surface area contributed by atoms with Crippen LogP contribution in [0.5, 0.6) is 11.5 Å². The molecule has 0 aliphatic rings. The monoisotopic (exact) mass is 300 g/mol. The number of esters is 1. The van der Waals surface area contributed by atoms with Crippen LogP contribution in [0, 0.1) is 13.8 Å². The number of benzene rings is 2. The Hall–Kier alpha value is -2.49. The molecule has 116 valence electrons. The lowest BCUT2D eigenvalue weighted by molar-refractivity contribution is 0.0600. The Morgan fingerprint density at radius 2 is 1.55 bits per heavy atom. The Morgan fingerprint density at radius 1 is 0.864 bits per heavy atom. The highest BCUT2D eigenvalue weighted by Crippen LogP contribution is 2.38. The lowest BCUT2D eigenvalue weighted by Gasteiger charge is -2.16. The molecule has 2 aromatic carbocycles. The van der Waals surface area contributed by atoms with Crippen LogP contribution in [0.1, 0.15) is 21.5 Å². The van der Waals surface area contributed by atoms with Crippen LogP contribution in [0.3, 0.4) is 0 Å². The van der Waals surface area contributed by atoms with E-state index >= 15 is 0 Å². The van der Waals surface area contributed by atoms with Crippen LogP contribution in [0.15, 0.2) is 30.3 Å². The van der Waals surface area contributed by atoms with Gasteiger partial charge in [0.25, 0.3) is 0 Å². The average molecular weight is 300 g/mol. The summed E-state index contributed by atoms with van der Waals surface area (Å²) in [7, 11) is 4.61. The van der Waals surface area contributed by atoms with Gasteiger partial charge in [-0.05, 0) is 42.7 Å². The van der Waals surface area contributed by atoms with E-state index in [1.54, 1.807) is 20.3 Å². The summed E-state index contributed by atoms with van der Waals surface area (Å²) in [6, 6.07) is 9.44. The van der Waals surface area contributed by atoms with E-state index in [-0.39, 0.29) is 5.97 Å². The van der Waals surface area contributed by atoms with E-state index in [1.807, 2.05) is 38.1 Å². The van der Waals surface area contributed by atoms with Gasteiger partial charge in [-0.2, -0.15) is 0 Å². The summed E-state index contributed by atoms with van der Waals surface area (Å²) in [5, 5.41) is 0. The molecule has 4 nitrogen and oxygen atoms in total. The van der Waals surface area contributed by atoms with Gasteiger partial charge in [-0.1, -0.05) is 18.2 Å². The first-order valence-electron chi connectivity index (χ1n) is 6.95. The molecule has 0 saturated carbocycles. The van der Waals surface area contributed by atoms with Crippen molar-refractivity contribution in [3.05, 3.63) is 47.0 Å². The largest absolute Gasteiger partial charge is 0.493 e. The Balaban J connectivity index is 2.65. The van der Waals surface area contributed by atoms with E-state index in [2.05, 4.69) is 0 Å². The second-order valence-electron chi connectivity index (χ2n) is 4.94. The molecule has 0 aromatic heterocycles. The molecule has 4 heteroatoms. The maximum Gasteiger partial charge on any atom is 0.338 e. The molecular formula is C18H20O4. The molecule has 0 amide bonds.